The van der Waals surface area contributed by atoms with Crippen molar-refractivity contribution in [2.24, 2.45) is 5.92 Å². The Morgan fingerprint density at radius 3 is 2.67 bits per heavy atom. The number of methoxy groups -OCH3 is 2. The van der Waals surface area contributed by atoms with Gasteiger partial charge in [-0.25, -0.2) is 0 Å². The van der Waals surface area contributed by atoms with E-state index in [1.165, 1.54) is 0 Å². The number of carbonyl (C=O) groups excluding carboxylic acids is 1. The van der Waals surface area contributed by atoms with E-state index in [9.17, 15) is 4.79 Å². The van der Waals surface area contributed by atoms with Gasteiger partial charge in [-0.1, -0.05) is 29.4 Å². The lowest BCUT2D eigenvalue weighted by molar-refractivity contribution is 0.0684. The summed E-state index contributed by atoms with van der Waals surface area (Å²) in [5.41, 5.74) is 1.47. The third-order valence-corrected chi connectivity index (χ3v) is 5.50. The lowest BCUT2D eigenvalue weighted by atomic mass is 9.93. The lowest BCUT2D eigenvalue weighted by Crippen LogP contribution is -2.39. The molecule has 3 aromatic rings. The number of para-hydroxylation sites is 1. The van der Waals surface area contributed by atoms with E-state index in [-0.39, 0.29) is 5.91 Å². The molecule has 7 heteroatoms. The molecular weight excluding hydrogens is 382 g/mol. The molecule has 1 aliphatic heterocycles. The molecule has 0 spiro atoms. The van der Waals surface area contributed by atoms with Crippen LogP contribution in [0.15, 0.2) is 53.1 Å². The SMILES string of the molecule is COc1cccc(-c2noc(CC3CCN(C(=O)c4ccccc4OC)CC3)n2)c1. The van der Waals surface area contributed by atoms with E-state index in [1.54, 1.807) is 14.2 Å². The number of likely N-dealkylation sites (tertiary alicyclic amines) is 1. The van der Waals surface area contributed by atoms with Crippen LogP contribution in [0.2, 0.25) is 0 Å². The van der Waals surface area contributed by atoms with Crippen molar-refractivity contribution in [3.63, 3.8) is 0 Å². The molecule has 2 aromatic carbocycles. The highest BCUT2D eigenvalue weighted by Gasteiger charge is 2.26. The Balaban J connectivity index is 1.35. The van der Waals surface area contributed by atoms with Gasteiger partial charge in [0.2, 0.25) is 11.7 Å². The molecular formula is C23H25N3O4. The molecule has 0 bridgehead atoms. The molecule has 1 saturated heterocycles. The second kappa shape index (κ2) is 8.98. The number of rotatable bonds is 6. The van der Waals surface area contributed by atoms with Crippen LogP contribution in [-0.2, 0) is 6.42 Å². The minimum Gasteiger partial charge on any atom is -0.497 e. The predicted octanol–water partition coefficient (Wildman–Crippen LogP) is 3.85. The number of amides is 1. The molecule has 0 saturated carbocycles. The Labute approximate surface area is 175 Å². The number of carbonyl (C=O) groups is 1. The van der Waals surface area contributed by atoms with Crippen LogP contribution in [0.5, 0.6) is 11.5 Å². The van der Waals surface area contributed by atoms with Crippen LogP contribution in [0.4, 0.5) is 0 Å². The van der Waals surface area contributed by atoms with Crippen molar-refractivity contribution in [1.29, 1.82) is 0 Å². The average molecular weight is 407 g/mol. The van der Waals surface area contributed by atoms with Gasteiger partial charge in [-0.05, 0) is 43.0 Å². The molecule has 7 nitrogen and oxygen atoms in total. The molecule has 0 N–H and O–H groups in total. The van der Waals surface area contributed by atoms with Gasteiger partial charge in [0.25, 0.3) is 5.91 Å². The number of piperidine rings is 1. The van der Waals surface area contributed by atoms with Gasteiger partial charge < -0.3 is 18.9 Å². The lowest BCUT2D eigenvalue weighted by Gasteiger charge is -2.31. The van der Waals surface area contributed by atoms with Crippen molar-refractivity contribution in [2.45, 2.75) is 19.3 Å². The molecule has 0 radical (unpaired) electrons. The summed E-state index contributed by atoms with van der Waals surface area (Å²) in [6.45, 7) is 1.41. The maximum absolute atomic E-state index is 12.9. The monoisotopic (exact) mass is 407 g/mol. The predicted molar refractivity (Wildman–Crippen MR) is 112 cm³/mol. The highest BCUT2D eigenvalue weighted by Crippen LogP contribution is 2.26. The van der Waals surface area contributed by atoms with E-state index < -0.39 is 0 Å². The van der Waals surface area contributed by atoms with E-state index in [0.29, 0.717) is 48.5 Å². The Bertz CT molecular complexity index is 1010. The van der Waals surface area contributed by atoms with Crippen molar-refractivity contribution in [2.75, 3.05) is 27.3 Å². The first-order chi connectivity index (χ1) is 14.7. The second-order valence-corrected chi connectivity index (χ2v) is 7.38. The summed E-state index contributed by atoms with van der Waals surface area (Å²) in [4.78, 5) is 19.3. The van der Waals surface area contributed by atoms with Crippen LogP contribution in [0.3, 0.4) is 0 Å². The van der Waals surface area contributed by atoms with Gasteiger partial charge in [0.1, 0.15) is 11.5 Å². The first-order valence-electron chi connectivity index (χ1n) is 10.1. The summed E-state index contributed by atoms with van der Waals surface area (Å²) in [7, 11) is 3.22. The van der Waals surface area contributed by atoms with Crippen LogP contribution in [0.1, 0.15) is 29.1 Å². The van der Waals surface area contributed by atoms with Gasteiger partial charge in [-0.3, -0.25) is 4.79 Å². The molecule has 1 aromatic heterocycles. The van der Waals surface area contributed by atoms with E-state index in [2.05, 4.69) is 10.1 Å². The number of aromatic nitrogens is 2. The Kier molecular flexibility index (Phi) is 5.97. The summed E-state index contributed by atoms with van der Waals surface area (Å²) >= 11 is 0. The van der Waals surface area contributed by atoms with Crippen molar-refractivity contribution < 1.29 is 18.8 Å². The molecule has 30 heavy (non-hydrogen) atoms. The fourth-order valence-corrected chi connectivity index (χ4v) is 3.80. The van der Waals surface area contributed by atoms with Gasteiger partial charge in [-0.2, -0.15) is 4.98 Å². The summed E-state index contributed by atoms with van der Waals surface area (Å²) < 4.78 is 16.1. The smallest absolute Gasteiger partial charge is 0.257 e. The Morgan fingerprint density at radius 1 is 1.10 bits per heavy atom. The molecule has 1 fully saturated rings. The highest BCUT2D eigenvalue weighted by molar-refractivity contribution is 5.97. The highest BCUT2D eigenvalue weighted by atomic mass is 16.5. The summed E-state index contributed by atoms with van der Waals surface area (Å²) in [5.74, 6) is 2.98. The largest absolute Gasteiger partial charge is 0.497 e. The zero-order valence-electron chi connectivity index (χ0n) is 17.2. The second-order valence-electron chi connectivity index (χ2n) is 7.38. The third-order valence-electron chi connectivity index (χ3n) is 5.50. The van der Waals surface area contributed by atoms with Crippen LogP contribution >= 0.6 is 0 Å². The van der Waals surface area contributed by atoms with Crippen molar-refractivity contribution in [1.82, 2.24) is 15.0 Å². The van der Waals surface area contributed by atoms with Gasteiger partial charge in [0, 0.05) is 25.1 Å². The zero-order chi connectivity index (χ0) is 20.9. The van der Waals surface area contributed by atoms with Crippen LogP contribution in [0, 0.1) is 5.92 Å². The van der Waals surface area contributed by atoms with Gasteiger partial charge >= 0.3 is 0 Å². The number of benzene rings is 2. The summed E-state index contributed by atoms with van der Waals surface area (Å²) in [5, 5.41) is 4.11. The molecule has 0 unspecified atom stereocenters. The maximum atomic E-state index is 12.9. The minimum absolute atomic E-state index is 0.0176. The molecule has 0 aliphatic carbocycles. The van der Waals surface area contributed by atoms with Crippen molar-refractivity contribution >= 4 is 5.91 Å². The average Bonchev–Trinajstić information content (AvgIpc) is 3.27. The molecule has 2 heterocycles. The van der Waals surface area contributed by atoms with Gasteiger partial charge in [0.05, 0.1) is 19.8 Å². The van der Waals surface area contributed by atoms with Crippen molar-refractivity contribution in [3.05, 3.63) is 60.0 Å². The van der Waals surface area contributed by atoms with Gasteiger partial charge in [-0.15, -0.1) is 0 Å². The zero-order valence-corrected chi connectivity index (χ0v) is 17.2. The Hall–Kier alpha value is -3.35. The summed E-state index contributed by atoms with van der Waals surface area (Å²) in [6, 6.07) is 14.9. The fraction of sp³-hybridized carbons (Fsp3) is 0.348. The Morgan fingerprint density at radius 2 is 1.90 bits per heavy atom. The number of nitrogens with zero attached hydrogens (tertiary/aromatic N) is 3. The molecule has 4 rings (SSSR count). The van der Waals surface area contributed by atoms with Crippen LogP contribution in [-0.4, -0.2) is 48.3 Å². The first-order valence-corrected chi connectivity index (χ1v) is 10.1. The molecule has 156 valence electrons. The first kappa shape index (κ1) is 19.9. The number of ether oxygens (including phenoxy) is 2. The minimum atomic E-state index is 0.0176. The van der Waals surface area contributed by atoms with E-state index in [4.69, 9.17) is 14.0 Å². The van der Waals surface area contributed by atoms with E-state index in [1.807, 2.05) is 53.4 Å². The normalized spacial score (nSPS) is 14.5. The van der Waals surface area contributed by atoms with Crippen LogP contribution < -0.4 is 9.47 Å². The maximum Gasteiger partial charge on any atom is 0.257 e. The fourth-order valence-electron chi connectivity index (χ4n) is 3.80. The van der Waals surface area contributed by atoms with E-state index in [0.717, 1.165) is 24.2 Å². The third kappa shape index (κ3) is 4.30. The topological polar surface area (TPSA) is 77.7 Å². The van der Waals surface area contributed by atoms with Crippen molar-refractivity contribution in [3.8, 4) is 22.9 Å². The summed E-state index contributed by atoms with van der Waals surface area (Å²) in [6.07, 6.45) is 2.52. The molecule has 0 atom stereocenters. The quantitative estimate of drug-likeness (QED) is 0.618. The van der Waals surface area contributed by atoms with E-state index >= 15 is 0 Å². The molecule has 1 aliphatic rings. The standard InChI is InChI=1S/C23H25N3O4/c1-28-18-7-5-6-17(15-18)22-24-21(30-25-22)14-16-10-12-26(13-11-16)23(27)19-8-3-4-9-20(19)29-2/h3-9,15-16H,10-14H2,1-2H3. The number of hydrogen-bond acceptors (Lipinski definition) is 6. The van der Waals surface area contributed by atoms with Gasteiger partial charge in [0.15, 0.2) is 0 Å². The number of hydrogen-bond donors (Lipinski definition) is 0. The molecule has 1 amide bonds. The van der Waals surface area contributed by atoms with Crippen LogP contribution in [0.25, 0.3) is 11.4 Å².